The average Bonchev–Trinajstić information content (AvgIpc) is 3.03. The molecule has 1 aromatic heterocycles. The number of hydrazone groups is 1. The number of benzene rings is 5. The highest BCUT2D eigenvalue weighted by Crippen LogP contribution is 2.30. The Bertz CT molecular complexity index is 1880. The summed E-state index contributed by atoms with van der Waals surface area (Å²) < 4.78 is 11.7. The van der Waals surface area contributed by atoms with Crippen molar-refractivity contribution in [1.29, 1.82) is 0 Å². The van der Waals surface area contributed by atoms with Gasteiger partial charge in [0.25, 0.3) is 5.91 Å². The third-order valence-electron chi connectivity index (χ3n) is 6.86. The van der Waals surface area contributed by atoms with Gasteiger partial charge in [-0.15, -0.1) is 0 Å². The molecule has 0 saturated heterocycles. The normalized spacial score (nSPS) is 11.1. The van der Waals surface area contributed by atoms with Crippen LogP contribution in [-0.2, 0) is 6.61 Å². The third-order valence-corrected chi connectivity index (χ3v) is 6.86. The van der Waals surface area contributed by atoms with Crippen molar-refractivity contribution in [2.45, 2.75) is 6.61 Å². The smallest absolute Gasteiger partial charge is 0.272 e. The number of fused-ring (bicyclic) bond motifs is 2. The second-order valence-corrected chi connectivity index (χ2v) is 9.47. The summed E-state index contributed by atoms with van der Waals surface area (Å²) in [5, 5.41) is 7.31. The molecule has 6 rings (SSSR count). The van der Waals surface area contributed by atoms with Crippen molar-refractivity contribution in [3.05, 3.63) is 138 Å². The lowest BCUT2D eigenvalue weighted by Gasteiger charge is -2.13. The van der Waals surface area contributed by atoms with Gasteiger partial charge in [-0.1, -0.05) is 91.0 Å². The Morgan fingerprint density at radius 2 is 1.56 bits per heavy atom. The van der Waals surface area contributed by atoms with Crippen LogP contribution in [-0.4, -0.2) is 24.2 Å². The molecule has 1 amide bonds. The highest BCUT2D eigenvalue weighted by atomic mass is 16.5. The lowest BCUT2D eigenvalue weighted by atomic mass is 10.0. The third kappa shape index (κ3) is 5.63. The van der Waals surface area contributed by atoms with Gasteiger partial charge in [0.2, 0.25) is 0 Å². The summed E-state index contributed by atoms with van der Waals surface area (Å²) in [6.45, 7) is 0.409. The molecule has 0 aliphatic rings. The summed E-state index contributed by atoms with van der Waals surface area (Å²) in [4.78, 5) is 18.0. The molecule has 0 unspecified atom stereocenters. The summed E-state index contributed by atoms with van der Waals surface area (Å²) in [5.41, 5.74) is 7.42. The SMILES string of the molecule is COc1cc(/C=N/NC(=O)c2cc(-c3ccccc3)nc3ccccc23)ccc1OCc1cccc2ccccc12. The zero-order valence-corrected chi connectivity index (χ0v) is 22.5. The van der Waals surface area contributed by atoms with Crippen LogP contribution in [0.25, 0.3) is 32.9 Å². The maximum atomic E-state index is 13.2. The van der Waals surface area contributed by atoms with Crippen molar-refractivity contribution in [3.63, 3.8) is 0 Å². The Morgan fingerprint density at radius 3 is 2.41 bits per heavy atom. The first kappa shape index (κ1) is 25.8. The molecule has 6 heteroatoms. The molecule has 6 nitrogen and oxygen atoms in total. The number of carbonyl (C=O) groups excluding carboxylic acids is 1. The number of carbonyl (C=O) groups is 1. The molecule has 0 fully saturated rings. The highest BCUT2D eigenvalue weighted by molar-refractivity contribution is 6.07. The van der Waals surface area contributed by atoms with Gasteiger partial charge in [0, 0.05) is 10.9 Å². The van der Waals surface area contributed by atoms with Gasteiger partial charge in [0.05, 0.1) is 30.1 Å². The molecule has 6 aromatic rings. The van der Waals surface area contributed by atoms with Crippen LogP contribution in [0.4, 0.5) is 0 Å². The summed E-state index contributed by atoms with van der Waals surface area (Å²) in [5.74, 6) is 0.880. The molecule has 41 heavy (non-hydrogen) atoms. The average molecular weight is 538 g/mol. The molecule has 0 radical (unpaired) electrons. The van der Waals surface area contributed by atoms with Crippen molar-refractivity contribution >= 4 is 33.8 Å². The highest BCUT2D eigenvalue weighted by Gasteiger charge is 2.14. The number of rotatable bonds is 8. The van der Waals surface area contributed by atoms with Crippen molar-refractivity contribution < 1.29 is 14.3 Å². The maximum Gasteiger partial charge on any atom is 0.272 e. The number of ether oxygens (including phenoxy) is 2. The van der Waals surface area contributed by atoms with E-state index in [9.17, 15) is 4.79 Å². The molecule has 1 heterocycles. The van der Waals surface area contributed by atoms with Crippen LogP contribution in [0.3, 0.4) is 0 Å². The van der Waals surface area contributed by atoms with Crippen LogP contribution in [0, 0.1) is 0 Å². The van der Waals surface area contributed by atoms with Gasteiger partial charge < -0.3 is 9.47 Å². The zero-order chi connectivity index (χ0) is 28.0. The Labute approximate surface area is 237 Å². The fourth-order valence-corrected chi connectivity index (χ4v) is 4.80. The van der Waals surface area contributed by atoms with Gasteiger partial charge in [0.1, 0.15) is 6.61 Å². The van der Waals surface area contributed by atoms with Crippen LogP contribution in [0.1, 0.15) is 21.5 Å². The second-order valence-electron chi connectivity index (χ2n) is 9.47. The minimum Gasteiger partial charge on any atom is -0.493 e. The first-order chi connectivity index (χ1) is 20.2. The molecule has 0 bridgehead atoms. The molecule has 200 valence electrons. The number of methoxy groups -OCH3 is 1. The summed E-state index contributed by atoms with van der Waals surface area (Å²) in [7, 11) is 1.60. The molecule has 1 N–H and O–H groups in total. The predicted molar refractivity (Wildman–Crippen MR) is 164 cm³/mol. The standard InChI is InChI=1S/C35H27N3O3/c1-40-34-20-24(18-19-33(34)41-23-27-14-9-13-25-10-5-6-15-28(25)27)22-36-38-35(39)30-21-32(26-11-3-2-4-12-26)37-31-17-8-7-16-29(30)31/h2-22H,23H2,1H3,(H,38,39)/b36-22+. The molecule has 0 aliphatic carbocycles. The lowest BCUT2D eigenvalue weighted by Crippen LogP contribution is -2.18. The van der Waals surface area contributed by atoms with Gasteiger partial charge >= 0.3 is 0 Å². The van der Waals surface area contributed by atoms with Crippen molar-refractivity contribution in [2.75, 3.05) is 7.11 Å². The second kappa shape index (κ2) is 11.7. The molecular formula is C35H27N3O3. The number of aromatic nitrogens is 1. The van der Waals surface area contributed by atoms with Crippen LogP contribution in [0.5, 0.6) is 11.5 Å². The lowest BCUT2D eigenvalue weighted by molar-refractivity contribution is 0.0956. The van der Waals surface area contributed by atoms with E-state index in [2.05, 4.69) is 34.8 Å². The predicted octanol–water partition coefficient (Wildman–Crippen LogP) is 7.41. The van der Waals surface area contributed by atoms with E-state index in [1.807, 2.05) is 91.0 Å². The van der Waals surface area contributed by atoms with Crippen LogP contribution >= 0.6 is 0 Å². The van der Waals surface area contributed by atoms with E-state index < -0.39 is 0 Å². The van der Waals surface area contributed by atoms with Gasteiger partial charge in [-0.2, -0.15) is 5.10 Å². The summed E-state index contributed by atoms with van der Waals surface area (Å²) >= 11 is 0. The van der Waals surface area contributed by atoms with Crippen LogP contribution in [0.2, 0.25) is 0 Å². The van der Waals surface area contributed by atoms with Crippen molar-refractivity contribution in [3.8, 4) is 22.8 Å². The Hall–Kier alpha value is -5.49. The minimum absolute atomic E-state index is 0.320. The number of hydrogen-bond donors (Lipinski definition) is 1. The van der Waals surface area contributed by atoms with Gasteiger partial charge in [-0.25, -0.2) is 10.4 Å². The van der Waals surface area contributed by atoms with Gasteiger partial charge in [-0.3, -0.25) is 4.79 Å². The number of nitrogens with zero attached hydrogens (tertiary/aromatic N) is 2. The zero-order valence-electron chi connectivity index (χ0n) is 22.5. The number of pyridine rings is 1. The van der Waals surface area contributed by atoms with Crippen LogP contribution < -0.4 is 14.9 Å². The quantitative estimate of drug-likeness (QED) is 0.162. The molecule has 0 saturated carbocycles. The minimum atomic E-state index is -0.320. The number of para-hydroxylation sites is 1. The topological polar surface area (TPSA) is 72.8 Å². The number of hydrogen-bond acceptors (Lipinski definition) is 5. The van der Waals surface area contributed by atoms with Crippen molar-refractivity contribution in [2.24, 2.45) is 5.10 Å². The van der Waals surface area contributed by atoms with E-state index in [0.717, 1.165) is 38.7 Å². The molecule has 5 aromatic carbocycles. The van der Waals surface area contributed by atoms with E-state index in [1.165, 1.54) is 5.39 Å². The monoisotopic (exact) mass is 537 g/mol. The number of amides is 1. The molecule has 0 spiro atoms. The largest absolute Gasteiger partial charge is 0.493 e. The van der Waals surface area contributed by atoms with E-state index in [4.69, 9.17) is 14.5 Å². The first-order valence-electron chi connectivity index (χ1n) is 13.3. The first-order valence-corrected chi connectivity index (χ1v) is 13.3. The fourth-order valence-electron chi connectivity index (χ4n) is 4.80. The summed E-state index contributed by atoms with van der Waals surface area (Å²) in [6.07, 6.45) is 1.58. The van der Waals surface area contributed by atoms with Crippen LogP contribution in [0.15, 0.2) is 126 Å². The maximum absolute atomic E-state index is 13.2. The van der Waals surface area contributed by atoms with Gasteiger partial charge in [0.15, 0.2) is 11.5 Å². The van der Waals surface area contributed by atoms with Crippen molar-refractivity contribution in [1.82, 2.24) is 10.4 Å². The molecule has 0 aliphatic heterocycles. The summed E-state index contributed by atoms with van der Waals surface area (Å²) in [6, 6.07) is 39.1. The Balaban J connectivity index is 1.18. The molecular weight excluding hydrogens is 510 g/mol. The van der Waals surface area contributed by atoms with E-state index in [1.54, 1.807) is 19.4 Å². The van der Waals surface area contributed by atoms with E-state index in [-0.39, 0.29) is 5.91 Å². The number of nitrogens with one attached hydrogen (secondary N) is 1. The van der Waals surface area contributed by atoms with E-state index >= 15 is 0 Å². The van der Waals surface area contributed by atoms with E-state index in [0.29, 0.717) is 23.7 Å². The molecule has 0 atom stereocenters. The Morgan fingerprint density at radius 1 is 0.805 bits per heavy atom. The van der Waals surface area contributed by atoms with Gasteiger partial charge in [-0.05, 0) is 52.2 Å². The Kier molecular flexibility index (Phi) is 7.36. The fraction of sp³-hybridized carbons (Fsp3) is 0.0571.